The van der Waals surface area contributed by atoms with Crippen molar-refractivity contribution in [3.8, 4) is 0 Å². The Labute approximate surface area is 204 Å². The Bertz CT molecular complexity index is 1040. The predicted octanol–water partition coefficient (Wildman–Crippen LogP) is 4.55. The predicted molar refractivity (Wildman–Crippen MR) is 138 cm³/mol. The summed E-state index contributed by atoms with van der Waals surface area (Å²) in [7, 11) is -4.50. The molecule has 3 N–H and O–H groups in total. The molecular weight excluding hydrogens is 468 g/mol. The number of anilines is 1. The molecule has 4 atom stereocenters. The van der Waals surface area contributed by atoms with Gasteiger partial charge in [0.1, 0.15) is 30.2 Å². The molecule has 0 bridgehead atoms. The van der Waals surface area contributed by atoms with E-state index in [0.717, 1.165) is 0 Å². The van der Waals surface area contributed by atoms with E-state index in [0.29, 0.717) is 17.0 Å². The van der Waals surface area contributed by atoms with Crippen molar-refractivity contribution in [3.05, 3.63) is 12.7 Å². The first-order valence-electron chi connectivity index (χ1n) is 11.6. The molecule has 0 aliphatic carbocycles. The summed E-state index contributed by atoms with van der Waals surface area (Å²) in [6.45, 7) is 21.9. The molecule has 12 heteroatoms. The van der Waals surface area contributed by atoms with E-state index >= 15 is 0 Å². The number of hydrogen-bond acceptors (Lipinski definition) is 9. The molecule has 3 heterocycles. The highest BCUT2D eigenvalue weighted by Crippen LogP contribution is 2.45. The molecule has 3 rings (SSSR count). The Morgan fingerprint density at radius 3 is 2.09 bits per heavy atom. The summed E-state index contributed by atoms with van der Waals surface area (Å²) in [5.74, 6) is 0.297. The average Bonchev–Trinajstić information content (AvgIpc) is 3.23. The average molecular weight is 509 g/mol. The maximum Gasteiger partial charge on any atom is 0.192 e. The smallest absolute Gasteiger partial charge is 0.192 e. The maximum absolute atomic E-state index is 9.43. The van der Waals surface area contributed by atoms with Crippen LogP contribution in [0.3, 0.4) is 0 Å². The van der Waals surface area contributed by atoms with Crippen LogP contribution in [-0.4, -0.2) is 65.9 Å². The van der Waals surface area contributed by atoms with Crippen LogP contribution in [0.15, 0.2) is 17.8 Å². The normalized spacial score (nSPS) is 25.0. The van der Waals surface area contributed by atoms with Gasteiger partial charge in [-0.1, -0.05) is 46.7 Å². The standard InChI is InChI=1S/C22H40N6O4Si2/c1-21(2,3)33(7,8)31-16-14(11-27-29)30-20(17(16)32-34(9,10)22(4,5)6)28-13-26-15-18(23)24-12-25-19(15)28/h11-14,16-17,20,29H,1-10H3,(H2,23,24,25)/b27-11+. The van der Waals surface area contributed by atoms with Crippen molar-refractivity contribution in [2.75, 3.05) is 5.73 Å². The van der Waals surface area contributed by atoms with Gasteiger partial charge in [0, 0.05) is 0 Å². The molecule has 0 radical (unpaired) electrons. The monoisotopic (exact) mass is 508 g/mol. The highest BCUT2D eigenvalue weighted by atomic mass is 28.4. The summed E-state index contributed by atoms with van der Waals surface area (Å²) in [6, 6.07) is 0. The minimum Gasteiger partial charge on any atom is -0.411 e. The topological polar surface area (TPSA) is 130 Å². The number of nitrogen functional groups attached to an aromatic ring is 1. The number of hydrogen-bond donors (Lipinski definition) is 2. The van der Waals surface area contributed by atoms with Crippen LogP contribution in [0.25, 0.3) is 11.2 Å². The lowest BCUT2D eigenvalue weighted by Crippen LogP contribution is -2.53. The fourth-order valence-electron chi connectivity index (χ4n) is 3.42. The lowest BCUT2D eigenvalue weighted by molar-refractivity contribution is -0.0153. The molecule has 190 valence electrons. The van der Waals surface area contributed by atoms with Gasteiger partial charge in [0.25, 0.3) is 0 Å². The third-order valence-electron chi connectivity index (χ3n) is 7.57. The molecule has 34 heavy (non-hydrogen) atoms. The second kappa shape index (κ2) is 8.97. The van der Waals surface area contributed by atoms with Crippen LogP contribution < -0.4 is 5.73 Å². The molecule has 0 amide bonds. The third-order valence-corrected chi connectivity index (χ3v) is 16.5. The highest BCUT2D eigenvalue weighted by molar-refractivity contribution is 6.74. The quantitative estimate of drug-likeness (QED) is 0.252. The summed E-state index contributed by atoms with van der Waals surface area (Å²) in [5, 5.41) is 12.7. The van der Waals surface area contributed by atoms with Crippen LogP contribution in [0.4, 0.5) is 5.82 Å². The van der Waals surface area contributed by atoms with Gasteiger partial charge in [-0.2, -0.15) is 0 Å². The van der Waals surface area contributed by atoms with Crippen molar-refractivity contribution in [1.29, 1.82) is 0 Å². The fraction of sp³-hybridized carbons (Fsp3) is 0.727. The number of oxime groups is 1. The molecule has 10 nitrogen and oxygen atoms in total. The number of nitrogens with two attached hydrogens (primary N) is 1. The molecule has 0 spiro atoms. The molecule has 1 saturated heterocycles. The van der Waals surface area contributed by atoms with Gasteiger partial charge < -0.3 is 24.5 Å². The largest absolute Gasteiger partial charge is 0.411 e. The Hall–Kier alpha value is -1.87. The van der Waals surface area contributed by atoms with E-state index in [9.17, 15) is 5.21 Å². The SMILES string of the molecule is CC(C)(C)[Si](C)(C)OC1C(/C=N/O)OC(n2cnc3c(N)ncnc32)C1O[Si](C)(C)C(C)(C)C. The van der Waals surface area contributed by atoms with Crippen molar-refractivity contribution in [3.63, 3.8) is 0 Å². The van der Waals surface area contributed by atoms with Gasteiger partial charge in [0.2, 0.25) is 0 Å². The second-order valence-electron chi connectivity index (χ2n) is 12.0. The summed E-state index contributed by atoms with van der Waals surface area (Å²) < 4.78 is 22.1. The second-order valence-corrected chi connectivity index (χ2v) is 21.5. The minimum atomic E-state index is -2.26. The highest BCUT2D eigenvalue weighted by Gasteiger charge is 2.54. The molecule has 1 aliphatic heterocycles. The van der Waals surface area contributed by atoms with Crippen molar-refractivity contribution < 1.29 is 18.8 Å². The van der Waals surface area contributed by atoms with Crippen molar-refractivity contribution in [2.45, 2.75) is 102 Å². The van der Waals surface area contributed by atoms with Gasteiger partial charge >= 0.3 is 0 Å². The van der Waals surface area contributed by atoms with Gasteiger partial charge in [0.15, 0.2) is 34.3 Å². The molecule has 4 unspecified atom stereocenters. The lowest BCUT2D eigenvalue weighted by atomic mass is 10.1. The number of rotatable bonds is 6. The number of aromatic nitrogens is 4. The molecule has 0 aromatic carbocycles. The number of imidazole rings is 1. The zero-order valence-electron chi connectivity index (χ0n) is 22.0. The summed E-state index contributed by atoms with van der Waals surface area (Å²) in [6.07, 6.45) is 2.25. The van der Waals surface area contributed by atoms with Crippen LogP contribution in [0.5, 0.6) is 0 Å². The van der Waals surface area contributed by atoms with Crippen LogP contribution in [0, 0.1) is 0 Å². The van der Waals surface area contributed by atoms with Crippen LogP contribution in [-0.2, 0) is 13.6 Å². The van der Waals surface area contributed by atoms with Crippen LogP contribution in [0.2, 0.25) is 36.3 Å². The Balaban J connectivity index is 2.14. The Morgan fingerprint density at radius 2 is 1.56 bits per heavy atom. The summed E-state index contributed by atoms with van der Waals surface area (Å²) in [4.78, 5) is 12.9. The first-order valence-corrected chi connectivity index (χ1v) is 17.4. The zero-order chi connectivity index (χ0) is 25.7. The Morgan fingerprint density at radius 1 is 1.00 bits per heavy atom. The molecule has 2 aromatic rings. The van der Waals surface area contributed by atoms with E-state index in [1.165, 1.54) is 12.5 Å². The van der Waals surface area contributed by atoms with Crippen LogP contribution >= 0.6 is 0 Å². The first kappa shape index (κ1) is 26.7. The molecule has 1 aliphatic rings. The molecular formula is C22H40N6O4Si2. The van der Waals surface area contributed by atoms with Gasteiger partial charge in [-0.15, -0.1) is 0 Å². The van der Waals surface area contributed by atoms with E-state index in [1.807, 2.05) is 4.57 Å². The number of nitrogens with zero attached hydrogens (tertiary/aromatic N) is 5. The number of ether oxygens (including phenoxy) is 1. The van der Waals surface area contributed by atoms with E-state index in [4.69, 9.17) is 19.3 Å². The fourth-order valence-corrected chi connectivity index (χ4v) is 6.01. The lowest BCUT2D eigenvalue weighted by Gasteiger charge is -2.43. The van der Waals surface area contributed by atoms with Gasteiger partial charge in [-0.25, -0.2) is 15.0 Å². The third kappa shape index (κ3) is 4.92. The zero-order valence-corrected chi connectivity index (χ0v) is 24.0. The van der Waals surface area contributed by atoms with Gasteiger partial charge in [-0.05, 0) is 36.3 Å². The van der Waals surface area contributed by atoms with E-state index in [1.54, 1.807) is 6.33 Å². The first-order chi connectivity index (χ1) is 15.5. The van der Waals surface area contributed by atoms with Crippen LogP contribution in [0.1, 0.15) is 47.8 Å². The van der Waals surface area contributed by atoms with E-state index in [2.05, 4.69) is 87.8 Å². The van der Waals surface area contributed by atoms with Crippen molar-refractivity contribution in [2.24, 2.45) is 5.16 Å². The summed E-state index contributed by atoms with van der Waals surface area (Å²) >= 11 is 0. The Kier molecular flexibility index (Phi) is 7.05. The van der Waals surface area contributed by atoms with Crippen molar-refractivity contribution >= 4 is 39.8 Å². The van der Waals surface area contributed by atoms with Crippen molar-refractivity contribution in [1.82, 2.24) is 19.5 Å². The molecule has 1 fully saturated rings. The number of fused-ring (bicyclic) bond motifs is 1. The van der Waals surface area contributed by atoms with Gasteiger partial charge in [-0.3, -0.25) is 4.57 Å². The molecule has 0 saturated carbocycles. The molecule has 2 aromatic heterocycles. The van der Waals surface area contributed by atoms with E-state index < -0.39 is 41.2 Å². The summed E-state index contributed by atoms with van der Waals surface area (Å²) in [5.41, 5.74) is 7.08. The van der Waals surface area contributed by atoms with Gasteiger partial charge in [0.05, 0.1) is 12.5 Å². The minimum absolute atomic E-state index is 0.0309. The van der Waals surface area contributed by atoms with E-state index in [-0.39, 0.29) is 10.1 Å². The maximum atomic E-state index is 9.43.